The van der Waals surface area contributed by atoms with Gasteiger partial charge in [-0.1, -0.05) is 6.07 Å². The molecule has 0 spiro atoms. The maximum absolute atomic E-state index is 12.2. The minimum atomic E-state index is -0.288. The van der Waals surface area contributed by atoms with E-state index in [0.29, 0.717) is 29.8 Å². The number of carbonyl (C=O) groups excluding carboxylic acids is 1. The fraction of sp³-hybridized carbons (Fsp3) is 0.500. The molecule has 1 heterocycles. The van der Waals surface area contributed by atoms with E-state index in [4.69, 9.17) is 26.4 Å². The zero-order valence-electron chi connectivity index (χ0n) is 13.8. The molecule has 7 heteroatoms. The topological polar surface area (TPSA) is 60.0 Å². The molecule has 0 radical (unpaired) electrons. The Morgan fingerprint density at radius 3 is 2.61 bits per heavy atom. The van der Waals surface area contributed by atoms with E-state index >= 15 is 0 Å². The number of methoxy groups -OCH3 is 2. The largest absolute Gasteiger partial charge is 0.493 e. The zero-order chi connectivity index (χ0) is 17.0. The fourth-order valence-electron chi connectivity index (χ4n) is 2.44. The molecule has 1 aliphatic heterocycles. The molecule has 1 aliphatic rings. The maximum Gasteiger partial charge on any atom is 0.251 e. The molecule has 1 N–H and O–H groups in total. The van der Waals surface area contributed by atoms with Crippen LogP contribution in [0.1, 0.15) is 25.5 Å². The number of benzene rings is 1. The number of carbonyl (C=O) groups is 1. The van der Waals surface area contributed by atoms with Crippen molar-refractivity contribution >= 4 is 23.2 Å². The number of nitrogens with one attached hydrogen (secondary N) is 1. The van der Waals surface area contributed by atoms with E-state index in [1.807, 2.05) is 25.1 Å². The Bertz CT molecular complexity index is 593. The minimum Gasteiger partial charge on any atom is -0.493 e. The summed E-state index contributed by atoms with van der Waals surface area (Å²) in [7, 11) is 3.21. The first-order valence-electron chi connectivity index (χ1n) is 7.42. The van der Waals surface area contributed by atoms with Crippen molar-refractivity contribution in [1.82, 2.24) is 10.2 Å². The molecular weight excluding hydrogens is 316 g/mol. The number of amides is 1. The van der Waals surface area contributed by atoms with Crippen LogP contribution >= 0.6 is 12.2 Å². The number of nitrogens with zero attached hydrogens (tertiary/aromatic N) is 1. The predicted molar refractivity (Wildman–Crippen MR) is 90.8 cm³/mol. The first kappa shape index (κ1) is 17.5. The number of hydrogen-bond donors (Lipinski definition) is 1. The van der Waals surface area contributed by atoms with Crippen molar-refractivity contribution in [2.24, 2.45) is 0 Å². The van der Waals surface area contributed by atoms with Crippen molar-refractivity contribution in [2.75, 3.05) is 27.4 Å². The van der Waals surface area contributed by atoms with Gasteiger partial charge in [0, 0.05) is 7.11 Å². The van der Waals surface area contributed by atoms with E-state index in [1.165, 1.54) is 0 Å². The van der Waals surface area contributed by atoms with E-state index in [1.54, 1.807) is 26.0 Å². The quantitative estimate of drug-likeness (QED) is 0.605. The van der Waals surface area contributed by atoms with Gasteiger partial charge in [-0.05, 0) is 43.8 Å². The molecule has 0 saturated carbocycles. The van der Waals surface area contributed by atoms with Crippen LogP contribution in [0.2, 0.25) is 0 Å². The first-order chi connectivity index (χ1) is 11.0. The second-order valence-electron chi connectivity index (χ2n) is 5.31. The number of rotatable bonds is 7. The Morgan fingerprint density at radius 2 is 2.04 bits per heavy atom. The molecule has 1 aromatic rings. The van der Waals surface area contributed by atoms with Gasteiger partial charge in [0.2, 0.25) is 0 Å². The predicted octanol–water partition coefficient (Wildman–Crippen LogP) is 1.89. The minimum absolute atomic E-state index is 0.0260. The van der Waals surface area contributed by atoms with E-state index in [0.717, 1.165) is 5.56 Å². The van der Waals surface area contributed by atoms with Gasteiger partial charge in [-0.25, -0.2) is 0 Å². The second kappa shape index (κ2) is 7.61. The highest BCUT2D eigenvalue weighted by molar-refractivity contribution is 7.80. The van der Waals surface area contributed by atoms with Gasteiger partial charge in [0.05, 0.1) is 19.8 Å². The Hall–Kier alpha value is -1.86. The van der Waals surface area contributed by atoms with Gasteiger partial charge in [-0.15, -0.1) is 0 Å². The third-order valence-electron chi connectivity index (χ3n) is 3.77. The number of ether oxygens (including phenoxy) is 3. The van der Waals surface area contributed by atoms with Crippen LogP contribution in [0.15, 0.2) is 18.2 Å². The van der Waals surface area contributed by atoms with E-state index < -0.39 is 0 Å². The summed E-state index contributed by atoms with van der Waals surface area (Å²) >= 11 is 5.25. The summed E-state index contributed by atoms with van der Waals surface area (Å²) in [6.45, 7) is 4.68. The van der Waals surface area contributed by atoms with Gasteiger partial charge in [0.15, 0.2) is 16.6 Å². The van der Waals surface area contributed by atoms with Crippen molar-refractivity contribution < 1.29 is 19.0 Å². The lowest BCUT2D eigenvalue weighted by molar-refractivity contribution is -0.128. The van der Waals surface area contributed by atoms with Crippen molar-refractivity contribution in [3.05, 3.63) is 23.8 Å². The highest BCUT2D eigenvalue weighted by atomic mass is 32.1. The van der Waals surface area contributed by atoms with E-state index in [9.17, 15) is 4.79 Å². The lowest BCUT2D eigenvalue weighted by Gasteiger charge is -2.24. The summed E-state index contributed by atoms with van der Waals surface area (Å²) in [6, 6.07) is 5.14. The lowest BCUT2D eigenvalue weighted by atomic mass is 10.1. The van der Waals surface area contributed by atoms with Crippen molar-refractivity contribution in [1.29, 1.82) is 0 Å². The third-order valence-corrected chi connectivity index (χ3v) is 4.08. The number of thiocarbonyl (C=S) groups is 1. The summed E-state index contributed by atoms with van der Waals surface area (Å²) in [6.07, 6.45) is 0. The van der Waals surface area contributed by atoms with Crippen LogP contribution in [0.3, 0.4) is 0 Å². The smallest absolute Gasteiger partial charge is 0.251 e. The SMILES string of the molecule is COCCOc1ccc([C@@H](C)N2C(=O)[C@H](C)NC2=S)cc1OC. The van der Waals surface area contributed by atoms with Crippen molar-refractivity contribution in [2.45, 2.75) is 25.9 Å². The highest BCUT2D eigenvalue weighted by Gasteiger charge is 2.36. The average Bonchev–Trinajstić information content (AvgIpc) is 2.79. The molecule has 0 bridgehead atoms. The molecule has 2 atom stereocenters. The van der Waals surface area contributed by atoms with Gasteiger partial charge in [0.25, 0.3) is 5.91 Å². The van der Waals surface area contributed by atoms with Crippen molar-refractivity contribution in [3.63, 3.8) is 0 Å². The molecular formula is C16H22N2O4S. The maximum atomic E-state index is 12.2. The Morgan fingerprint density at radius 1 is 1.30 bits per heavy atom. The van der Waals surface area contributed by atoms with Crippen LogP contribution in [0.25, 0.3) is 0 Å². The van der Waals surface area contributed by atoms with Crippen LogP contribution in [0.4, 0.5) is 0 Å². The zero-order valence-corrected chi connectivity index (χ0v) is 14.6. The third kappa shape index (κ3) is 3.73. The summed E-state index contributed by atoms with van der Waals surface area (Å²) in [5.41, 5.74) is 0.924. The van der Waals surface area contributed by atoms with Gasteiger partial charge >= 0.3 is 0 Å². The summed E-state index contributed by atoms with van der Waals surface area (Å²) < 4.78 is 16.0. The highest BCUT2D eigenvalue weighted by Crippen LogP contribution is 2.33. The molecule has 23 heavy (non-hydrogen) atoms. The molecule has 1 saturated heterocycles. The van der Waals surface area contributed by atoms with Crippen LogP contribution in [0.5, 0.6) is 11.5 Å². The monoisotopic (exact) mass is 338 g/mol. The summed E-state index contributed by atoms with van der Waals surface area (Å²) in [4.78, 5) is 13.8. The average molecular weight is 338 g/mol. The van der Waals surface area contributed by atoms with Gasteiger partial charge in [-0.3, -0.25) is 9.69 Å². The molecule has 0 aliphatic carbocycles. The summed E-state index contributed by atoms with van der Waals surface area (Å²) in [5.74, 6) is 1.23. The molecule has 126 valence electrons. The van der Waals surface area contributed by atoms with Gasteiger partial charge in [0.1, 0.15) is 12.6 Å². The molecule has 0 aromatic heterocycles. The standard InChI is InChI=1S/C16H22N2O4S/c1-10-15(19)18(16(23)17-10)11(2)12-5-6-13(14(9-12)21-4)22-8-7-20-3/h5-6,9-11H,7-8H2,1-4H3,(H,17,23)/t10-,11+/m0/s1. The van der Waals surface area contributed by atoms with Crippen LogP contribution in [0, 0.1) is 0 Å². The first-order valence-corrected chi connectivity index (χ1v) is 7.83. The number of hydrogen-bond acceptors (Lipinski definition) is 5. The molecule has 1 aromatic carbocycles. The molecule has 1 amide bonds. The Kier molecular flexibility index (Phi) is 5.79. The van der Waals surface area contributed by atoms with Gasteiger partial charge < -0.3 is 19.5 Å². The summed E-state index contributed by atoms with van der Waals surface area (Å²) in [5, 5.41) is 3.43. The van der Waals surface area contributed by atoms with Crippen LogP contribution in [-0.4, -0.2) is 49.4 Å². The van der Waals surface area contributed by atoms with Crippen molar-refractivity contribution in [3.8, 4) is 11.5 Å². The molecule has 2 rings (SSSR count). The van der Waals surface area contributed by atoms with Crippen LogP contribution < -0.4 is 14.8 Å². The van der Waals surface area contributed by atoms with E-state index in [-0.39, 0.29) is 18.0 Å². The molecule has 0 unspecified atom stereocenters. The van der Waals surface area contributed by atoms with Crippen LogP contribution in [-0.2, 0) is 9.53 Å². The fourth-order valence-corrected chi connectivity index (χ4v) is 2.86. The van der Waals surface area contributed by atoms with E-state index in [2.05, 4.69) is 5.32 Å². The molecule has 6 nitrogen and oxygen atoms in total. The second-order valence-corrected chi connectivity index (χ2v) is 5.69. The normalized spacial score (nSPS) is 18.8. The Labute approximate surface area is 141 Å². The van der Waals surface area contributed by atoms with Gasteiger partial charge in [-0.2, -0.15) is 0 Å². The Balaban J connectivity index is 2.19. The molecule has 1 fully saturated rings. The lowest BCUT2D eigenvalue weighted by Crippen LogP contribution is -2.33.